The first-order chi connectivity index (χ1) is 8.77. The van der Waals surface area contributed by atoms with Crippen LogP contribution in [-0.2, 0) is 9.53 Å². The largest absolute Gasteiger partial charge is 0.365 e. The molecule has 1 atom stereocenters. The maximum Gasteiger partial charge on any atom is 0.251 e. The summed E-state index contributed by atoms with van der Waals surface area (Å²) in [6, 6.07) is 0. The minimum atomic E-state index is -0.272. The van der Waals surface area contributed by atoms with Crippen molar-refractivity contribution in [1.29, 1.82) is 0 Å². The van der Waals surface area contributed by atoms with E-state index in [9.17, 15) is 4.79 Å². The highest BCUT2D eigenvalue weighted by Gasteiger charge is 2.25. The Morgan fingerprint density at radius 1 is 1.17 bits per heavy atom. The molecule has 2 heterocycles. The first-order valence-electron chi connectivity index (χ1n) is 7.42. The molecule has 4 nitrogen and oxygen atoms in total. The van der Waals surface area contributed by atoms with E-state index in [0.717, 1.165) is 51.9 Å². The fraction of sp³-hybridized carbons (Fsp3) is 0.929. The van der Waals surface area contributed by atoms with Crippen LogP contribution in [0.4, 0.5) is 0 Å². The van der Waals surface area contributed by atoms with Crippen LogP contribution < -0.4 is 5.32 Å². The Kier molecular flexibility index (Phi) is 5.45. The summed E-state index contributed by atoms with van der Waals surface area (Å²) in [5.74, 6) is 0.190. The van der Waals surface area contributed by atoms with Crippen molar-refractivity contribution in [2.45, 2.75) is 57.7 Å². The molecule has 0 spiro atoms. The molecule has 1 N–H and O–H groups in total. The predicted molar refractivity (Wildman–Crippen MR) is 71.5 cm³/mol. The molecule has 0 radical (unpaired) electrons. The number of nitrogens with zero attached hydrogens (tertiary/aromatic N) is 1. The Balaban J connectivity index is 1.79. The molecule has 1 amide bonds. The van der Waals surface area contributed by atoms with Gasteiger partial charge >= 0.3 is 0 Å². The number of piperidine rings is 1. The first kappa shape index (κ1) is 13.8. The third-order valence-corrected chi connectivity index (χ3v) is 3.95. The van der Waals surface area contributed by atoms with E-state index < -0.39 is 0 Å². The fourth-order valence-corrected chi connectivity index (χ4v) is 2.83. The van der Waals surface area contributed by atoms with Crippen LogP contribution in [0.3, 0.4) is 0 Å². The minimum Gasteiger partial charge on any atom is -0.365 e. The second kappa shape index (κ2) is 7.10. The lowest BCUT2D eigenvalue weighted by Crippen LogP contribution is -2.43. The van der Waals surface area contributed by atoms with Gasteiger partial charge in [0.2, 0.25) is 0 Å². The van der Waals surface area contributed by atoms with Gasteiger partial charge in [0, 0.05) is 13.1 Å². The van der Waals surface area contributed by atoms with Gasteiger partial charge in [-0.05, 0) is 45.7 Å². The Morgan fingerprint density at radius 3 is 2.39 bits per heavy atom. The van der Waals surface area contributed by atoms with Crippen molar-refractivity contribution in [3.05, 3.63) is 0 Å². The number of carbonyl (C=O) groups is 1. The van der Waals surface area contributed by atoms with Gasteiger partial charge in [-0.25, -0.2) is 0 Å². The lowest BCUT2D eigenvalue weighted by atomic mass is 10.1. The molecule has 2 aliphatic heterocycles. The molecule has 18 heavy (non-hydrogen) atoms. The summed E-state index contributed by atoms with van der Waals surface area (Å²) in [7, 11) is 0. The summed E-state index contributed by atoms with van der Waals surface area (Å²) in [5.41, 5.74) is 0. The Hall–Kier alpha value is -0.610. The monoisotopic (exact) mass is 254 g/mol. The van der Waals surface area contributed by atoms with Gasteiger partial charge in [-0.3, -0.25) is 4.79 Å². The molecule has 0 aromatic carbocycles. The van der Waals surface area contributed by atoms with Crippen LogP contribution in [0.5, 0.6) is 0 Å². The number of hydrogen-bond donors (Lipinski definition) is 1. The Morgan fingerprint density at radius 2 is 1.78 bits per heavy atom. The van der Waals surface area contributed by atoms with Crippen LogP contribution in [0.25, 0.3) is 0 Å². The van der Waals surface area contributed by atoms with Crippen LogP contribution in [0.2, 0.25) is 0 Å². The van der Waals surface area contributed by atoms with E-state index >= 15 is 0 Å². The fourth-order valence-electron chi connectivity index (χ4n) is 2.83. The van der Waals surface area contributed by atoms with Crippen molar-refractivity contribution < 1.29 is 9.53 Å². The van der Waals surface area contributed by atoms with Gasteiger partial charge in [0.15, 0.2) is 0 Å². The second-order valence-electron chi connectivity index (χ2n) is 5.47. The summed E-state index contributed by atoms with van der Waals surface area (Å²) in [4.78, 5) is 14.3. The van der Waals surface area contributed by atoms with Gasteiger partial charge in [-0.2, -0.15) is 0 Å². The molecule has 2 fully saturated rings. The molecular formula is C14H26N2O2. The SMILES string of the molecule is CC(OC1CCNCC1)C(=O)N1CCCCCC1. The highest BCUT2D eigenvalue weighted by Crippen LogP contribution is 2.15. The third kappa shape index (κ3) is 3.95. The van der Waals surface area contributed by atoms with Crippen molar-refractivity contribution in [2.24, 2.45) is 0 Å². The summed E-state index contributed by atoms with van der Waals surface area (Å²) in [6.07, 6.45) is 6.84. The number of likely N-dealkylation sites (tertiary alicyclic amines) is 1. The van der Waals surface area contributed by atoms with E-state index in [-0.39, 0.29) is 18.1 Å². The van der Waals surface area contributed by atoms with E-state index in [1.165, 1.54) is 12.8 Å². The molecule has 0 aliphatic carbocycles. The Bertz CT molecular complexity index is 257. The van der Waals surface area contributed by atoms with Gasteiger partial charge in [0.05, 0.1) is 6.10 Å². The smallest absolute Gasteiger partial charge is 0.251 e. The van der Waals surface area contributed by atoms with E-state index in [4.69, 9.17) is 4.74 Å². The van der Waals surface area contributed by atoms with Crippen molar-refractivity contribution >= 4 is 5.91 Å². The molecule has 0 saturated carbocycles. The maximum absolute atomic E-state index is 12.3. The molecule has 0 aromatic heterocycles. The topological polar surface area (TPSA) is 41.6 Å². The number of ether oxygens (including phenoxy) is 1. The third-order valence-electron chi connectivity index (χ3n) is 3.95. The van der Waals surface area contributed by atoms with Gasteiger partial charge in [0.1, 0.15) is 6.10 Å². The van der Waals surface area contributed by atoms with E-state index in [1.807, 2.05) is 11.8 Å². The average molecular weight is 254 g/mol. The van der Waals surface area contributed by atoms with Crippen LogP contribution >= 0.6 is 0 Å². The zero-order valence-electron chi connectivity index (χ0n) is 11.5. The molecule has 1 unspecified atom stereocenters. The molecule has 2 aliphatic rings. The molecular weight excluding hydrogens is 228 g/mol. The van der Waals surface area contributed by atoms with Gasteiger partial charge in [-0.1, -0.05) is 12.8 Å². The number of hydrogen-bond acceptors (Lipinski definition) is 3. The Labute approximate surface area is 110 Å². The molecule has 0 aromatic rings. The average Bonchev–Trinajstić information content (AvgIpc) is 2.68. The summed E-state index contributed by atoms with van der Waals surface area (Å²) >= 11 is 0. The quantitative estimate of drug-likeness (QED) is 0.831. The van der Waals surface area contributed by atoms with E-state index in [2.05, 4.69) is 5.32 Å². The van der Waals surface area contributed by atoms with Gasteiger partial charge < -0.3 is 15.0 Å². The minimum absolute atomic E-state index is 0.190. The van der Waals surface area contributed by atoms with Crippen LogP contribution in [-0.4, -0.2) is 49.2 Å². The zero-order chi connectivity index (χ0) is 12.8. The van der Waals surface area contributed by atoms with Gasteiger partial charge in [0.25, 0.3) is 5.91 Å². The molecule has 4 heteroatoms. The first-order valence-corrected chi connectivity index (χ1v) is 7.42. The summed E-state index contributed by atoms with van der Waals surface area (Å²) < 4.78 is 5.92. The number of carbonyl (C=O) groups excluding carboxylic acids is 1. The van der Waals surface area contributed by atoms with Gasteiger partial charge in [-0.15, -0.1) is 0 Å². The van der Waals surface area contributed by atoms with Crippen molar-refractivity contribution in [3.63, 3.8) is 0 Å². The van der Waals surface area contributed by atoms with E-state index in [0.29, 0.717) is 0 Å². The number of amides is 1. The van der Waals surface area contributed by atoms with Crippen LogP contribution in [0.1, 0.15) is 45.4 Å². The molecule has 2 rings (SSSR count). The van der Waals surface area contributed by atoms with Crippen LogP contribution in [0.15, 0.2) is 0 Å². The molecule has 0 bridgehead atoms. The zero-order valence-corrected chi connectivity index (χ0v) is 11.5. The highest BCUT2D eigenvalue weighted by atomic mass is 16.5. The molecule has 104 valence electrons. The molecule has 2 saturated heterocycles. The predicted octanol–water partition coefficient (Wildman–Crippen LogP) is 1.55. The number of nitrogens with one attached hydrogen (secondary N) is 1. The normalized spacial score (nSPS) is 24.6. The summed E-state index contributed by atoms with van der Waals surface area (Å²) in [5, 5.41) is 3.31. The van der Waals surface area contributed by atoms with E-state index in [1.54, 1.807) is 0 Å². The lowest BCUT2D eigenvalue weighted by Gasteiger charge is -2.29. The van der Waals surface area contributed by atoms with Crippen molar-refractivity contribution in [3.8, 4) is 0 Å². The lowest BCUT2D eigenvalue weighted by molar-refractivity contribution is -0.147. The summed E-state index contributed by atoms with van der Waals surface area (Å²) in [6.45, 7) is 5.76. The van der Waals surface area contributed by atoms with Crippen molar-refractivity contribution in [1.82, 2.24) is 10.2 Å². The second-order valence-corrected chi connectivity index (χ2v) is 5.47. The standard InChI is InChI=1S/C14H26N2O2/c1-12(18-13-6-8-15-9-7-13)14(17)16-10-4-2-3-5-11-16/h12-13,15H,2-11H2,1H3. The van der Waals surface area contributed by atoms with Crippen LogP contribution in [0, 0.1) is 0 Å². The van der Waals surface area contributed by atoms with Crippen molar-refractivity contribution in [2.75, 3.05) is 26.2 Å². The highest BCUT2D eigenvalue weighted by molar-refractivity contribution is 5.80. The maximum atomic E-state index is 12.3. The number of rotatable bonds is 3.